The highest BCUT2D eigenvalue weighted by Gasteiger charge is 2.41. The van der Waals surface area contributed by atoms with Gasteiger partial charge in [-0.15, -0.1) is 0 Å². The lowest BCUT2D eigenvalue weighted by Gasteiger charge is -2.42. The molecule has 2 saturated carbocycles. The van der Waals surface area contributed by atoms with Gasteiger partial charge in [-0.3, -0.25) is 28.8 Å². The summed E-state index contributed by atoms with van der Waals surface area (Å²) in [5.41, 5.74) is 3.23. The van der Waals surface area contributed by atoms with Crippen LogP contribution in [0.5, 0.6) is 0 Å². The number of hydrogen-bond donors (Lipinski definition) is 5. The first-order valence-corrected chi connectivity index (χ1v) is 28.9. The van der Waals surface area contributed by atoms with Crippen molar-refractivity contribution in [3.8, 4) is 0 Å². The van der Waals surface area contributed by atoms with Crippen LogP contribution in [-0.2, 0) is 32.0 Å². The quantitative estimate of drug-likeness (QED) is 0.0651. The van der Waals surface area contributed by atoms with Gasteiger partial charge in [-0.25, -0.2) is 0 Å². The molecule has 15 heteroatoms. The fourth-order valence-electron chi connectivity index (χ4n) is 12.0. The summed E-state index contributed by atoms with van der Waals surface area (Å²) in [5.74, 6) is -0.880. The molecule has 2 aliphatic carbocycles. The van der Waals surface area contributed by atoms with Crippen LogP contribution in [0.25, 0.3) is 10.8 Å². The van der Waals surface area contributed by atoms with E-state index in [-0.39, 0.29) is 65.3 Å². The van der Waals surface area contributed by atoms with Crippen LogP contribution in [0.15, 0.2) is 97.1 Å². The Balaban J connectivity index is 1.03. The average Bonchev–Trinajstić information content (AvgIpc) is 3.48. The summed E-state index contributed by atoms with van der Waals surface area (Å²) in [6.45, 7) is 10.2. The maximum Gasteiger partial charge on any atom is 0.253 e. The Morgan fingerprint density at radius 1 is 0.558 bits per heavy atom. The summed E-state index contributed by atoms with van der Waals surface area (Å²) in [6, 6.07) is 29.2. The van der Waals surface area contributed by atoms with E-state index in [4.69, 9.17) is 0 Å². The van der Waals surface area contributed by atoms with Gasteiger partial charge in [0.2, 0.25) is 23.6 Å². The van der Waals surface area contributed by atoms with Crippen molar-refractivity contribution < 1.29 is 28.8 Å². The molecule has 2 heterocycles. The molecule has 77 heavy (non-hydrogen) atoms. The number of fused-ring (bicyclic) bond motifs is 1. The van der Waals surface area contributed by atoms with Gasteiger partial charge in [-0.05, 0) is 110 Å². The van der Waals surface area contributed by atoms with E-state index in [0.29, 0.717) is 89.4 Å². The third kappa shape index (κ3) is 15.1. The molecule has 6 amide bonds. The summed E-state index contributed by atoms with van der Waals surface area (Å²) < 4.78 is 0. The number of carbonyl (C=O) groups excluding carboxylic acids is 6. The second-order valence-corrected chi connectivity index (χ2v) is 22.5. The van der Waals surface area contributed by atoms with E-state index in [0.717, 1.165) is 86.1 Å². The fourth-order valence-corrected chi connectivity index (χ4v) is 12.0. The highest BCUT2D eigenvalue weighted by Crippen LogP contribution is 2.31. The van der Waals surface area contributed by atoms with Gasteiger partial charge >= 0.3 is 0 Å². The molecule has 4 aromatic rings. The van der Waals surface area contributed by atoms with E-state index in [9.17, 15) is 28.8 Å². The molecule has 8 rings (SSSR count). The van der Waals surface area contributed by atoms with Gasteiger partial charge in [-0.2, -0.15) is 0 Å². The summed E-state index contributed by atoms with van der Waals surface area (Å²) in [5, 5.41) is 17.9. The number of piperazine rings is 2. The van der Waals surface area contributed by atoms with Gasteiger partial charge in [0.15, 0.2) is 0 Å². The number of benzene rings is 4. The van der Waals surface area contributed by atoms with Crippen molar-refractivity contribution in [2.24, 2.45) is 17.8 Å². The van der Waals surface area contributed by atoms with E-state index in [1.165, 1.54) is 0 Å². The lowest BCUT2D eigenvalue weighted by atomic mass is 9.83. The second-order valence-electron chi connectivity index (χ2n) is 22.5. The summed E-state index contributed by atoms with van der Waals surface area (Å²) in [7, 11) is 1.74. The minimum Gasteiger partial charge on any atom is -0.344 e. The maximum absolute atomic E-state index is 14.9. The highest BCUT2D eigenvalue weighted by atomic mass is 16.2. The van der Waals surface area contributed by atoms with E-state index >= 15 is 0 Å². The van der Waals surface area contributed by atoms with E-state index in [1.807, 2.05) is 106 Å². The van der Waals surface area contributed by atoms with Crippen molar-refractivity contribution in [3.05, 3.63) is 119 Å². The zero-order chi connectivity index (χ0) is 54.3. The first-order valence-electron chi connectivity index (χ1n) is 28.9. The van der Waals surface area contributed by atoms with Crippen LogP contribution in [0, 0.1) is 17.8 Å². The predicted octanol–water partition coefficient (Wildman–Crippen LogP) is 6.20. The molecular weight excluding hydrogens is 967 g/mol. The first-order chi connectivity index (χ1) is 37.4. The van der Waals surface area contributed by atoms with E-state index in [1.54, 1.807) is 14.0 Å². The predicted molar refractivity (Wildman–Crippen MR) is 303 cm³/mol. The lowest BCUT2D eigenvalue weighted by molar-refractivity contribution is -0.142. The molecule has 4 fully saturated rings. The van der Waals surface area contributed by atoms with Gasteiger partial charge in [-0.1, -0.05) is 125 Å². The van der Waals surface area contributed by atoms with Crippen molar-refractivity contribution in [2.45, 2.75) is 128 Å². The molecule has 15 nitrogen and oxygen atoms in total. The first kappa shape index (κ1) is 57.0. The Morgan fingerprint density at radius 3 is 1.38 bits per heavy atom. The zero-order valence-electron chi connectivity index (χ0n) is 46.2. The number of nitrogens with zero attached hydrogens (tertiary/aromatic N) is 4. The molecule has 0 unspecified atom stereocenters. The van der Waals surface area contributed by atoms with Gasteiger partial charge in [0.1, 0.15) is 12.1 Å². The normalized spacial score (nSPS) is 19.8. The molecule has 4 aromatic carbocycles. The van der Waals surface area contributed by atoms with Crippen LogP contribution in [0.2, 0.25) is 0 Å². The van der Waals surface area contributed by atoms with Crippen molar-refractivity contribution in [2.75, 3.05) is 72.5 Å². The molecule has 5 atom stereocenters. The van der Waals surface area contributed by atoms with Crippen molar-refractivity contribution >= 4 is 46.2 Å². The number of carbonyl (C=O) groups is 6. The molecule has 414 valence electrons. The third-order valence-corrected chi connectivity index (χ3v) is 16.8. The average molecular weight is 1050 g/mol. The van der Waals surface area contributed by atoms with Crippen LogP contribution in [0.3, 0.4) is 0 Å². The van der Waals surface area contributed by atoms with Crippen molar-refractivity contribution in [1.29, 1.82) is 0 Å². The Bertz CT molecular complexity index is 2600. The minimum absolute atomic E-state index is 0.0477. The fraction of sp³-hybridized carbons (Fsp3) is 0.548. The molecule has 2 saturated heterocycles. The van der Waals surface area contributed by atoms with E-state index < -0.39 is 18.1 Å². The van der Waals surface area contributed by atoms with Gasteiger partial charge in [0.05, 0.1) is 18.1 Å². The van der Waals surface area contributed by atoms with Crippen LogP contribution < -0.4 is 26.6 Å². The Hall–Kier alpha value is -6.16. The number of hydrogen-bond acceptors (Lipinski definition) is 9. The topological polar surface area (TPSA) is 176 Å². The van der Waals surface area contributed by atoms with Crippen molar-refractivity contribution in [3.63, 3.8) is 0 Å². The molecule has 5 N–H and O–H groups in total. The number of likely N-dealkylation sites (N-methyl/N-ethyl adjacent to an activating group) is 1. The summed E-state index contributed by atoms with van der Waals surface area (Å²) >= 11 is 0. The molecule has 0 bridgehead atoms. The Labute approximate surface area is 457 Å². The highest BCUT2D eigenvalue weighted by molar-refractivity contribution is 6.02. The number of rotatable bonds is 21. The zero-order valence-corrected chi connectivity index (χ0v) is 46.2. The van der Waals surface area contributed by atoms with Crippen LogP contribution in [0.1, 0.15) is 117 Å². The molecule has 2 aliphatic heterocycles. The Kier molecular flexibility index (Phi) is 20.7. The van der Waals surface area contributed by atoms with Crippen LogP contribution in [-0.4, -0.2) is 158 Å². The number of amides is 6. The largest absolute Gasteiger partial charge is 0.344 e. The molecule has 4 aliphatic rings. The van der Waals surface area contributed by atoms with Crippen LogP contribution >= 0.6 is 0 Å². The second kappa shape index (κ2) is 27.9. The smallest absolute Gasteiger partial charge is 0.253 e. The Morgan fingerprint density at radius 2 is 0.974 bits per heavy atom. The van der Waals surface area contributed by atoms with Gasteiger partial charge in [0.25, 0.3) is 11.8 Å². The monoisotopic (exact) mass is 1050 g/mol. The maximum atomic E-state index is 14.9. The number of nitrogens with one attached hydrogen (secondary N) is 5. The molecule has 0 radical (unpaired) electrons. The van der Waals surface area contributed by atoms with Crippen molar-refractivity contribution in [1.82, 2.24) is 46.2 Å². The minimum atomic E-state index is -0.641. The lowest BCUT2D eigenvalue weighted by Crippen LogP contribution is -2.63. The van der Waals surface area contributed by atoms with Gasteiger partial charge < -0.3 is 46.2 Å². The standard InChI is InChI=1S/C62H85N9O6/c1-43(2)57(72)66-55(47-21-13-7-14-22-47)61(76)70-35-31-64-39-53(70)41-68(33-29-45-17-9-5-10-18-45)59(74)51-27-25-50-38-52(28-26-49(50)37-51)60(75)69(34-30-46-19-11-6-12-20-46)42-54-40-65-32-36-71(54)62(77)56(48-23-15-8-16-24-48)67-58(73)44(3)63-4/h5-6,9-12,17-20,25-28,37-38,43-44,47-48,53-56,63-65H,7-8,13-16,21-24,29-36,39-42H2,1-4H3,(H,66,72)(H,67,73)/t44-,53-,54-,55-,56-/m0/s1. The molecule has 0 aromatic heterocycles. The van der Waals surface area contributed by atoms with Gasteiger partial charge in [0, 0.05) is 82.5 Å². The van der Waals surface area contributed by atoms with E-state index in [2.05, 4.69) is 50.8 Å². The van der Waals surface area contributed by atoms with Crippen LogP contribution in [0.4, 0.5) is 0 Å². The summed E-state index contributed by atoms with van der Waals surface area (Å²) in [6.07, 6.45) is 11.2. The summed E-state index contributed by atoms with van der Waals surface area (Å²) in [4.78, 5) is 93.5. The molecule has 0 spiro atoms. The molecular formula is C62H85N9O6. The third-order valence-electron chi connectivity index (χ3n) is 16.8. The SMILES string of the molecule is CN[C@@H](C)C(=O)N[C@H](C(=O)N1CCNC[C@H]1CN(CCc1ccccc1)C(=O)c1ccc2cc(C(=O)N(CCc3ccccc3)C[C@@H]3CNCCN3C(=O)[C@@H](NC(=O)C(C)C)C3CCCCC3)ccc2c1)C1CCCCC1.